The lowest BCUT2D eigenvalue weighted by molar-refractivity contribution is 0.0691. The standard InChI is InChI=1S/C12H8BrNO3/c13-11-8(6-9(14-11)12(16)17)10(15)7-4-2-1-3-5-7/h1-6,14H,(H,16,17). The molecule has 0 aliphatic heterocycles. The van der Waals surface area contributed by atoms with E-state index in [4.69, 9.17) is 5.11 Å². The maximum atomic E-state index is 12.1. The fraction of sp³-hybridized carbons (Fsp3) is 0. The lowest BCUT2D eigenvalue weighted by Gasteiger charge is -1.97. The SMILES string of the molecule is O=C(O)c1cc(C(=O)c2ccccc2)c(Br)[nH]1. The number of carbonyl (C=O) groups excluding carboxylic acids is 1. The molecule has 1 aromatic carbocycles. The van der Waals surface area contributed by atoms with E-state index in [0.29, 0.717) is 15.7 Å². The molecule has 17 heavy (non-hydrogen) atoms. The smallest absolute Gasteiger partial charge is 0.352 e. The van der Waals surface area contributed by atoms with E-state index < -0.39 is 5.97 Å². The summed E-state index contributed by atoms with van der Waals surface area (Å²) < 4.78 is 0.378. The summed E-state index contributed by atoms with van der Waals surface area (Å²) in [6.45, 7) is 0. The number of carboxylic acid groups (broad SMARTS) is 1. The van der Waals surface area contributed by atoms with Crippen molar-refractivity contribution in [2.45, 2.75) is 0 Å². The van der Waals surface area contributed by atoms with Crippen molar-refractivity contribution in [2.24, 2.45) is 0 Å². The molecule has 2 aromatic rings. The number of benzene rings is 1. The second-order valence-electron chi connectivity index (χ2n) is 3.41. The molecular weight excluding hydrogens is 286 g/mol. The third-order valence-electron chi connectivity index (χ3n) is 2.28. The molecule has 0 atom stereocenters. The monoisotopic (exact) mass is 293 g/mol. The Bertz CT molecular complexity index is 575. The third-order valence-corrected chi connectivity index (χ3v) is 2.91. The van der Waals surface area contributed by atoms with Crippen molar-refractivity contribution in [3.63, 3.8) is 0 Å². The number of aromatic nitrogens is 1. The Morgan fingerprint density at radius 1 is 1.18 bits per heavy atom. The lowest BCUT2D eigenvalue weighted by atomic mass is 10.1. The van der Waals surface area contributed by atoms with Gasteiger partial charge >= 0.3 is 5.97 Å². The minimum atomic E-state index is -1.10. The lowest BCUT2D eigenvalue weighted by Crippen LogP contribution is -2.00. The minimum absolute atomic E-state index is 0.0174. The Balaban J connectivity index is 2.41. The number of hydrogen-bond acceptors (Lipinski definition) is 2. The minimum Gasteiger partial charge on any atom is -0.477 e. The molecular formula is C12H8BrNO3. The highest BCUT2D eigenvalue weighted by Crippen LogP contribution is 2.20. The summed E-state index contributed by atoms with van der Waals surface area (Å²) in [4.78, 5) is 25.4. The van der Waals surface area contributed by atoms with Crippen molar-refractivity contribution in [1.82, 2.24) is 4.98 Å². The molecule has 0 bridgehead atoms. The highest BCUT2D eigenvalue weighted by molar-refractivity contribution is 9.10. The summed E-state index contributed by atoms with van der Waals surface area (Å²) in [6, 6.07) is 10.0. The Morgan fingerprint density at radius 3 is 2.35 bits per heavy atom. The maximum absolute atomic E-state index is 12.1. The fourth-order valence-electron chi connectivity index (χ4n) is 1.45. The van der Waals surface area contributed by atoms with E-state index in [-0.39, 0.29) is 11.5 Å². The van der Waals surface area contributed by atoms with Gasteiger partial charge in [-0.3, -0.25) is 4.79 Å². The summed E-state index contributed by atoms with van der Waals surface area (Å²) in [7, 11) is 0. The van der Waals surface area contributed by atoms with Gasteiger partial charge in [-0.25, -0.2) is 4.79 Å². The van der Waals surface area contributed by atoms with E-state index >= 15 is 0 Å². The van der Waals surface area contributed by atoms with Crippen LogP contribution in [0.4, 0.5) is 0 Å². The molecule has 0 radical (unpaired) electrons. The van der Waals surface area contributed by atoms with E-state index in [9.17, 15) is 9.59 Å². The van der Waals surface area contributed by atoms with Gasteiger partial charge in [-0.2, -0.15) is 0 Å². The molecule has 0 aliphatic rings. The van der Waals surface area contributed by atoms with Gasteiger partial charge in [-0.15, -0.1) is 0 Å². The van der Waals surface area contributed by atoms with E-state index in [1.807, 2.05) is 6.07 Å². The largest absolute Gasteiger partial charge is 0.477 e. The van der Waals surface area contributed by atoms with Crippen LogP contribution in [0.2, 0.25) is 0 Å². The van der Waals surface area contributed by atoms with E-state index in [1.54, 1.807) is 24.3 Å². The summed E-state index contributed by atoms with van der Waals surface area (Å²) in [5.74, 6) is -1.32. The Morgan fingerprint density at radius 2 is 1.82 bits per heavy atom. The number of carboxylic acids is 1. The van der Waals surface area contributed by atoms with Crippen molar-refractivity contribution in [2.75, 3.05) is 0 Å². The van der Waals surface area contributed by atoms with Crippen LogP contribution in [-0.2, 0) is 0 Å². The average Bonchev–Trinajstić information content (AvgIpc) is 2.72. The van der Waals surface area contributed by atoms with E-state index in [0.717, 1.165) is 0 Å². The van der Waals surface area contributed by atoms with Crippen molar-refractivity contribution in [3.8, 4) is 0 Å². The van der Waals surface area contributed by atoms with Gasteiger partial charge in [0.2, 0.25) is 0 Å². The third kappa shape index (κ3) is 2.29. The van der Waals surface area contributed by atoms with Crippen LogP contribution in [0.1, 0.15) is 26.4 Å². The predicted molar refractivity (Wildman–Crippen MR) is 65.3 cm³/mol. The molecule has 0 amide bonds. The van der Waals surface area contributed by atoms with E-state index in [1.165, 1.54) is 6.07 Å². The van der Waals surface area contributed by atoms with Gasteiger partial charge in [-0.05, 0) is 22.0 Å². The highest BCUT2D eigenvalue weighted by Gasteiger charge is 2.17. The van der Waals surface area contributed by atoms with Crippen LogP contribution >= 0.6 is 15.9 Å². The van der Waals surface area contributed by atoms with Gasteiger partial charge < -0.3 is 10.1 Å². The number of nitrogens with one attached hydrogen (secondary N) is 1. The number of ketones is 1. The normalized spacial score (nSPS) is 10.2. The quantitative estimate of drug-likeness (QED) is 0.855. The van der Waals surface area contributed by atoms with Crippen LogP contribution in [-0.4, -0.2) is 21.8 Å². The van der Waals surface area contributed by atoms with Crippen LogP contribution in [0, 0.1) is 0 Å². The number of aromatic carboxylic acids is 1. The Hall–Kier alpha value is -1.88. The van der Waals surface area contributed by atoms with Crippen molar-refractivity contribution < 1.29 is 14.7 Å². The molecule has 1 heterocycles. The molecule has 0 saturated carbocycles. The van der Waals surface area contributed by atoms with Crippen molar-refractivity contribution in [1.29, 1.82) is 0 Å². The van der Waals surface area contributed by atoms with Crippen LogP contribution in [0.15, 0.2) is 41.0 Å². The molecule has 2 N–H and O–H groups in total. The first kappa shape index (κ1) is 11.6. The molecule has 1 aromatic heterocycles. The molecule has 5 heteroatoms. The average molecular weight is 294 g/mol. The fourth-order valence-corrected chi connectivity index (χ4v) is 1.96. The maximum Gasteiger partial charge on any atom is 0.352 e. The number of aromatic amines is 1. The summed E-state index contributed by atoms with van der Waals surface area (Å²) >= 11 is 3.14. The molecule has 0 saturated heterocycles. The summed E-state index contributed by atoms with van der Waals surface area (Å²) in [5, 5.41) is 8.81. The zero-order chi connectivity index (χ0) is 12.4. The number of halogens is 1. The molecule has 4 nitrogen and oxygen atoms in total. The van der Waals surface area contributed by atoms with Crippen molar-refractivity contribution >= 4 is 27.7 Å². The second kappa shape index (κ2) is 4.55. The predicted octanol–water partition coefficient (Wildman–Crippen LogP) is 2.71. The van der Waals surface area contributed by atoms with E-state index in [2.05, 4.69) is 20.9 Å². The van der Waals surface area contributed by atoms with Gasteiger partial charge in [-0.1, -0.05) is 30.3 Å². The first-order chi connectivity index (χ1) is 8.09. The first-order valence-corrected chi connectivity index (χ1v) is 5.60. The number of H-pyrrole nitrogens is 1. The molecule has 0 fully saturated rings. The summed E-state index contributed by atoms with van der Waals surface area (Å²) in [5.41, 5.74) is 0.814. The zero-order valence-corrected chi connectivity index (χ0v) is 10.2. The summed E-state index contributed by atoms with van der Waals surface area (Å²) in [6.07, 6.45) is 0. The molecule has 2 rings (SSSR count). The van der Waals surface area contributed by atoms with Crippen LogP contribution < -0.4 is 0 Å². The molecule has 86 valence electrons. The Kier molecular flexibility index (Phi) is 3.10. The first-order valence-electron chi connectivity index (χ1n) is 4.81. The highest BCUT2D eigenvalue weighted by atomic mass is 79.9. The Labute approximate surface area is 105 Å². The number of hydrogen-bond donors (Lipinski definition) is 2. The van der Waals surface area contributed by atoms with Crippen molar-refractivity contribution in [3.05, 3.63) is 57.8 Å². The topological polar surface area (TPSA) is 70.2 Å². The molecule has 0 unspecified atom stereocenters. The number of carbonyl (C=O) groups is 2. The van der Waals surface area contributed by atoms with Crippen LogP contribution in [0.5, 0.6) is 0 Å². The zero-order valence-electron chi connectivity index (χ0n) is 8.61. The van der Waals surface area contributed by atoms with Gasteiger partial charge in [0.05, 0.1) is 10.2 Å². The molecule has 0 spiro atoms. The van der Waals surface area contributed by atoms with Crippen LogP contribution in [0.25, 0.3) is 0 Å². The second-order valence-corrected chi connectivity index (χ2v) is 4.20. The van der Waals surface area contributed by atoms with Gasteiger partial charge in [0.25, 0.3) is 0 Å². The molecule has 0 aliphatic carbocycles. The van der Waals surface area contributed by atoms with Gasteiger partial charge in [0.1, 0.15) is 5.69 Å². The number of rotatable bonds is 3. The van der Waals surface area contributed by atoms with Crippen LogP contribution in [0.3, 0.4) is 0 Å². The van der Waals surface area contributed by atoms with Gasteiger partial charge in [0, 0.05) is 5.56 Å². The van der Waals surface area contributed by atoms with Gasteiger partial charge in [0.15, 0.2) is 5.78 Å².